The smallest absolute Gasteiger partial charge is 0.338 e. The Hall–Kier alpha value is -2.53. The van der Waals surface area contributed by atoms with Crippen LogP contribution in [0.1, 0.15) is 36.2 Å². The molecule has 2 aromatic carbocycles. The SMILES string of the molecule is CCOC(=O)c1cccc(NC(=O)[C@H](CC)Oc2cccc(Cl)c2)c1C. The number of hydrogen-bond donors (Lipinski definition) is 1. The van der Waals surface area contributed by atoms with Crippen LogP contribution in [-0.2, 0) is 9.53 Å². The summed E-state index contributed by atoms with van der Waals surface area (Å²) in [6, 6.07) is 12.0. The minimum atomic E-state index is -0.681. The molecule has 0 radical (unpaired) electrons. The van der Waals surface area contributed by atoms with Crippen LogP contribution in [0.25, 0.3) is 0 Å². The highest BCUT2D eigenvalue weighted by molar-refractivity contribution is 6.30. The molecule has 0 aliphatic heterocycles. The summed E-state index contributed by atoms with van der Waals surface area (Å²) in [7, 11) is 0. The fourth-order valence-corrected chi connectivity index (χ4v) is 2.62. The Balaban J connectivity index is 2.14. The molecule has 1 N–H and O–H groups in total. The van der Waals surface area contributed by atoms with Gasteiger partial charge in [0.2, 0.25) is 0 Å². The maximum Gasteiger partial charge on any atom is 0.338 e. The van der Waals surface area contributed by atoms with Crippen LogP contribution in [0, 0.1) is 6.92 Å². The van der Waals surface area contributed by atoms with Crippen LogP contribution in [0.2, 0.25) is 5.02 Å². The number of benzene rings is 2. The predicted molar refractivity (Wildman–Crippen MR) is 102 cm³/mol. The van der Waals surface area contributed by atoms with Gasteiger partial charge in [0.1, 0.15) is 5.75 Å². The first-order valence-corrected chi connectivity index (χ1v) is 8.83. The van der Waals surface area contributed by atoms with Crippen molar-refractivity contribution in [2.24, 2.45) is 0 Å². The lowest BCUT2D eigenvalue weighted by Crippen LogP contribution is -2.32. The summed E-state index contributed by atoms with van der Waals surface area (Å²) in [6.07, 6.45) is -0.200. The molecule has 1 atom stereocenters. The van der Waals surface area contributed by atoms with Crippen molar-refractivity contribution in [3.63, 3.8) is 0 Å². The molecule has 6 heteroatoms. The Morgan fingerprint density at radius 2 is 1.88 bits per heavy atom. The first-order chi connectivity index (χ1) is 12.5. The molecule has 1 amide bonds. The van der Waals surface area contributed by atoms with E-state index < -0.39 is 12.1 Å². The van der Waals surface area contributed by atoms with Crippen molar-refractivity contribution >= 4 is 29.2 Å². The van der Waals surface area contributed by atoms with Gasteiger partial charge in [-0.15, -0.1) is 0 Å². The maximum atomic E-state index is 12.6. The van der Waals surface area contributed by atoms with Crippen LogP contribution >= 0.6 is 11.6 Å². The molecule has 2 aromatic rings. The van der Waals surface area contributed by atoms with Gasteiger partial charge in [-0.05, 0) is 56.2 Å². The van der Waals surface area contributed by atoms with Gasteiger partial charge < -0.3 is 14.8 Å². The molecule has 0 unspecified atom stereocenters. The molecule has 2 rings (SSSR count). The van der Waals surface area contributed by atoms with E-state index in [9.17, 15) is 9.59 Å². The van der Waals surface area contributed by atoms with Gasteiger partial charge >= 0.3 is 5.97 Å². The topological polar surface area (TPSA) is 64.6 Å². The van der Waals surface area contributed by atoms with Crippen LogP contribution in [0.3, 0.4) is 0 Å². The molecule has 138 valence electrons. The molecule has 0 saturated carbocycles. The third kappa shape index (κ3) is 4.99. The zero-order valence-electron chi connectivity index (χ0n) is 15.0. The van der Waals surface area contributed by atoms with Crippen molar-refractivity contribution in [2.45, 2.75) is 33.3 Å². The molecular formula is C20H22ClNO4. The molecule has 0 aliphatic carbocycles. The summed E-state index contributed by atoms with van der Waals surface area (Å²) in [5, 5.41) is 3.37. The Labute approximate surface area is 158 Å². The summed E-state index contributed by atoms with van der Waals surface area (Å²) in [5.41, 5.74) is 1.62. The fourth-order valence-electron chi connectivity index (χ4n) is 2.44. The van der Waals surface area contributed by atoms with Crippen LogP contribution in [0.4, 0.5) is 5.69 Å². The van der Waals surface area contributed by atoms with Gasteiger partial charge in [0.25, 0.3) is 5.91 Å². The van der Waals surface area contributed by atoms with E-state index in [1.54, 1.807) is 56.3 Å². The highest BCUT2D eigenvalue weighted by Crippen LogP contribution is 2.22. The summed E-state index contributed by atoms with van der Waals surface area (Å²) in [5.74, 6) is -0.184. The average molecular weight is 376 g/mol. The van der Waals surface area contributed by atoms with Crippen LogP contribution in [0.15, 0.2) is 42.5 Å². The number of ether oxygens (including phenoxy) is 2. The first kappa shape index (κ1) is 19.8. The lowest BCUT2D eigenvalue weighted by atomic mass is 10.1. The van der Waals surface area contributed by atoms with Crippen molar-refractivity contribution in [3.05, 3.63) is 58.6 Å². The van der Waals surface area contributed by atoms with Gasteiger partial charge in [0.15, 0.2) is 6.10 Å². The van der Waals surface area contributed by atoms with Gasteiger partial charge in [-0.25, -0.2) is 4.79 Å². The molecule has 0 spiro atoms. The summed E-state index contributed by atoms with van der Waals surface area (Å²) < 4.78 is 10.8. The third-order valence-corrected chi connectivity index (χ3v) is 4.06. The van der Waals surface area contributed by atoms with E-state index >= 15 is 0 Å². The number of hydrogen-bond acceptors (Lipinski definition) is 4. The quantitative estimate of drug-likeness (QED) is 0.717. The third-order valence-electron chi connectivity index (χ3n) is 3.82. The Morgan fingerprint density at radius 3 is 2.54 bits per heavy atom. The average Bonchev–Trinajstić information content (AvgIpc) is 2.61. The highest BCUT2D eigenvalue weighted by atomic mass is 35.5. The standard InChI is InChI=1S/C20H22ClNO4/c1-4-18(26-15-9-6-8-14(21)12-15)19(23)22-17-11-7-10-16(13(17)3)20(24)25-5-2/h6-12,18H,4-5H2,1-3H3,(H,22,23)/t18-/m0/s1. The Bertz CT molecular complexity index is 791. The minimum absolute atomic E-state index is 0.292. The molecular weight excluding hydrogens is 354 g/mol. The van der Waals surface area contributed by atoms with Gasteiger partial charge in [-0.1, -0.05) is 30.7 Å². The summed E-state index contributed by atoms with van der Waals surface area (Å²) in [6.45, 7) is 5.66. The van der Waals surface area contributed by atoms with Gasteiger partial charge in [0.05, 0.1) is 12.2 Å². The molecule has 0 heterocycles. The van der Waals surface area contributed by atoms with Crippen LogP contribution < -0.4 is 10.1 Å². The predicted octanol–water partition coefficient (Wildman–Crippen LogP) is 4.62. The molecule has 0 saturated heterocycles. The monoisotopic (exact) mass is 375 g/mol. The zero-order chi connectivity index (χ0) is 19.1. The molecule has 26 heavy (non-hydrogen) atoms. The van der Waals surface area contributed by atoms with Crippen molar-refractivity contribution in [3.8, 4) is 5.75 Å². The Morgan fingerprint density at radius 1 is 1.15 bits per heavy atom. The second kappa shape index (κ2) is 9.25. The molecule has 0 aromatic heterocycles. The number of halogens is 1. The first-order valence-electron chi connectivity index (χ1n) is 8.46. The van der Waals surface area contributed by atoms with E-state index in [2.05, 4.69) is 5.32 Å². The maximum absolute atomic E-state index is 12.6. The Kier molecular flexibility index (Phi) is 7.04. The van der Waals surface area contributed by atoms with E-state index in [0.717, 1.165) is 0 Å². The van der Waals surface area contributed by atoms with Gasteiger partial charge in [-0.3, -0.25) is 4.79 Å². The summed E-state index contributed by atoms with van der Waals surface area (Å²) >= 11 is 5.95. The van der Waals surface area contributed by atoms with Crippen LogP contribution in [0.5, 0.6) is 5.75 Å². The summed E-state index contributed by atoms with van der Waals surface area (Å²) in [4.78, 5) is 24.6. The molecule has 0 bridgehead atoms. The zero-order valence-corrected chi connectivity index (χ0v) is 15.8. The van der Waals surface area contributed by atoms with Crippen LogP contribution in [-0.4, -0.2) is 24.6 Å². The normalized spacial score (nSPS) is 11.5. The second-order valence-corrected chi connectivity index (χ2v) is 6.10. The van der Waals surface area contributed by atoms with Crippen molar-refractivity contribution < 1.29 is 19.1 Å². The van der Waals surface area contributed by atoms with E-state index in [1.807, 2.05) is 6.92 Å². The number of anilines is 1. The number of carbonyl (C=O) groups excluding carboxylic acids is 2. The van der Waals surface area contributed by atoms with Gasteiger partial charge in [0, 0.05) is 10.7 Å². The lowest BCUT2D eigenvalue weighted by Gasteiger charge is -2.19. The van der Waals surface area contributed by atoms with E-state index in [4.69, 9.17) is 21.1 Å². The number of rotatable bonds is 7. The highest BCUT2D eigenvalue weighted by Gasteiger charge is 2.21. The van der Waals surface area contributed by atoms with Crippen molar-refractivity contribution in [1.82, 2.24) is 0 Å². The number of nitrogens with one attached hydrogen (secondary N) is 1. The lowest BCUT2D eigenvalue weighted by molar-refractivity contribution is -0.122. The van der Waals surface area contributed by atoms with Crippen molar-refractivity contribution in [2.75, 3.05) is 11.9 Å². The molecule has 0 fully saturated rings. The number of esters is 1. The second-order valence-electron chi connectivity index (χ2n) is 5.66. The molecule has 0 aliphatic rings. The van der Waals surface area contributed by atoms with E-state index in [-0.39, 0.29) is 5.91 Å². The van der Waals surface area contributed by atoms with E-state index in [1.165, 1.54) is 0 Å². The largest absolute Gasteiger partial charge is 0.481 e. The minimum Gasteiger partial charge on any atom is -0.481 e. The number of carbonyl (C=O) groups is 2. The van der Waals surface area contributed by atoms with Crippen molar-refractivity contribution in [1.29, 1.82) is 0 Å². The molecule has 5 nitrogen and oxygen atoms in total. The fraction of sp³-hybridized carbons (Fsp3) is 0.300. The number of amides is 1. The van der Waals surface area contributed by atoms with E-state index in [0.29, 0.717) is 40.6 Å². The van der Waals surface area contributed by atoms with Gasteiger partial charge in [-0.2, -0.15) is 0 Å².